The largest absolute Gasteiger partial charge is 0.364 e. The summed E-state index contributed by atoms with van der Waals surface area (Å²) in [5.41, 5.74) is 5.29. The van der Waals surface area contributed by atoms with Gasteiger partial charge in [0, 0.05) is 60.1 Å². The van der Waals surface area contributed by atoms with E-state index in [1.54, 1.807) is 0 Å². The van der Waals surface area contributed by atoms with Crippen LogP contribution in [0.4, 0.5) is 5.82 Å². The molecule has 34 heavy (non-hydrogen) atoms. The average Bonchev–Trinajstić information content (AvgIpc) is 3.37. The van der Waals surface area contributed by atoms with Crippen LogP contribution in [-0.2, 0) is 16.0 Å². The number of H-pyrrole nitrogens is 1. The zero-order valence-electron chi connectivity index (χ0n) is 19.4. The highest BCUT2D eigenvalue weighted by Gasteiger charge is 2.36. The fourth-order valence-corrected chi connectivity index (χ4v) is 5.23. The third kappa shape index (κ3) is 3.35. The van der Waals surface area contributed by atoms with Crippen molar-refractivity contribution in [2.75, 3.05) is 38.1 Å². The number of hydrogen-bond acceptors (Lipinski definition) is 5. The molecule has 0 radical (unpaired) electrons. The Morgan fingerprint density at radius 2 is 1.74 bits per heavy atom. The van der Waals surface area contributed by atoms with Crippen LogP contribution in [0.25, 0.3) is 28.1 Å². The lowest BCUT2D eigenvalue weighted by molar-refractivity contribution is -0.122. The maximum Gasteiger partial charge on any atom is 0.259 e. The zero-order chi connectivity index (χ0) is 23.4. The van der Waals surface area contributed by atoms with E-state index in [1.807, 2.05) is 36.5 Å². The Hall–Kier alpha value is -3.71. The van der Waals surface area contributed by atoms with Gasteiger partial charge in [0.15, 0.2) is 0 Å². The van der Waals surface area contributed by atoms with Crippen molar-refractivity contribution < 1.29 is 9.59 Å². The summed E-state index contributed by atoms with van der Waals surface area (Å²) in [7, 11) is 2.12. The standard InChI is InChI=1S/C27H27N5O2/c1-16-7-8-18-20(15-28-22(18)13-16)25-24(26(33)30-27(25)34)19-14-23(32-11-9-31(2)10-12-32)29-21-6-4-3-5-17(19)21/h3-8,14-16,28H,9-13H2,1-2H3,(H,30,33,34). The second-order valence-electron chi connectivity index (χ2n) is 9.50. The molecule has 6 rings (SSSR count). The minimum absolute atomic E-state index is 0.351. The third-order valence-corrected chi connectivity index (χ3v) is 7.12. The third-order valence-electron chi connectivity index (χ3n) is 7.12. The number of hydrogen-bond donors (Lipinski definition) is 2. The number of aromatic amines is 1. The molecule has 172 valence electrons. The van der Waals surface area contributed by atoms with Gasteiger partial charge < -0.3 is 14.8 Å². The molecular weight excluding hydrogens is 426 g/mol. The molecule has 0 saturated carbocycles. The van der Waals surface area contributed by atoms with Crippen LogP contribution in [-0.4, -0.2) is 59.9 Å². The number of anilines is 1. The topological polar surface area (TPSA) is 81.3 Å². The second kappa shape index (κ2) is 7.95. The molecule has 1 atom stereocenters. The molecule has 2 aromatic heterocycles. The molecule has 0 spiro atoms. The first-order chi connectivity index (χ1) is 16.5. The highest BCUT2D eigenvalue weighted by Crippen LogP contribution is 2.39. The lowest BCUT2D eigenvalue weighted by Crippen LogP contribution is -2.44. The number of rotatable bonds is 3. The van der Waals surface area contributed by atoms with E-state index in [1.165, 1.54) is 0 Å². The van der Waals surface area contributed by atoms with E-state index >= 15 is 0 Å². The van der Waals surface area contributed by atoms with Crippen LogP contribution in [0.1, 0.15) is 29.3 Å². The van der Waals surface area contributed by atoms with Crippen molar-refractivity contribution in [1.29, 1.82) is 0 Å². The first-order valence-corrected chi connectivity index (χ1v) is 11.8. The number of nitrogens with zero attached hydrogens (tertiary/aromatic N) is 3. The number of aromatic nitrogens is 2. The number of nitrogens with one attached hydrogen (secondary N) is 2. The Labute approximate surface area is 198 Å². The summed E-state index contributed by atoms with van der Waals surface area (Å²) in [5.74, 6) is 0.562. The molecule has 2 aliphatic heterocycles. The molecule has 0 bridgehead atoms. The number of pyridine rings is 1. The normalized spacial score (nSPS) is 20.9. The second-order valence-corrected chi connectivity index (χ2v) is 9.50. The molecule has 2 N–H and O–H groups in total. The molecule has 2 amide bonds. The molecule has 4 heterocycles. The van der Waals surface area contributed by atoms with Crippen molar-refractivity contribution in [1.82, 2.24) is 20.2 Å². The van der Waals surface area contributed by atoms with Crippen LogP contribution >= 0.6 is 0 Å². The van der Waals surface area contributed by atoms with E-state index in [9.17, 15) is 9.59 Å². The van der Waals surface area contributed by atoms with Gasteiger partial charge in [-0.25, -0.2) is 4.98 Å². The highest BCUT2D eigenvalue weighted by atomic mass is 16.2. The number of fused-ring (bicyclic) bond motifs is 2. The summed E-state index contributed by atoms with van der Waals surface area (Å²) in [4.78, 5) is 39.2. The number of carbonyl (C=O) groups is 2. The molecule has 1 aliphatic carbocycles. The fraction of sp³-hybridized carbons (Fsp3) is 0.296. The van der Waals surface area contributed by atoms with Gasteiger partial charge in [0.2, 0.25) is 0 Å². The number of carbonyl (C=O) groups excluding carboxylic acids is 2. The van der Waals surface area contributed by atoms with Crippen molar-refractivity contribution in [3.63, 3.8) is 0 Å². The van der Waals surface area contributed by atoms with Gasteiger partial charge in [0.25, 0.3) is 11.8 Å². The Bertz CT molecular complexity index is 1390. The number of imide groups is 1. The zero-order valence-corrected chi connectivity index (χ0v) is 19.4. The van der Waals surface area contributed by atoms with Crippen LogP contribution < -0.4 is 10.2 Å². The first kappa shape index (κ1) is 20.9. The Balaban J connectivity index is 1.57. The lowest BCUT2D eigenvalue weighted by atomic mass is 9.89. The summed E-state index contributed by atoms with van der Waals surface area (Å²) in [6, 6.07) is 9.82. The van der Waals surface area contributed by atoms with Gasteiger partial charge in [-0.2, -0.15) is 0 Å². The predicted molar refractivity (Wildman–Crippen MR) is 134 cm³/mol. The minimum Gasteiger partial charge on any atom is -0.364 e. The molecular formula is C27H27N5O2. The van der Waals surface area contributed by atoms with E-state index < -0.39 is 0 Å². The lowest BCUT2D eigenvalue weighted by Gasteiger charge is -2.33. The van der Waals surface area contributed by atoms with Crippen molar-refractivity contribution in [3.8, 4) is 0 Å². The Morgan fingerprint density at radius 3 is 2.53 bits per heavy atom. The van der Waals surface area contributed by atoms with E-state index in [0.717, 1.165) is 71.7 Å². The number of piperazine rings is 1. The van der Waals surface area contributed by atoms with Gasteiger partial charge in [-0.1, -0.05) is 37.3 Å². The summed E-state index contributed by atoms with van der Waals surface area (Å²) in [5, 5.41) is 3.43. The predicted octanol–water partition coefficient (Wildman–Crippen LogP) is 3.09. The maximum atomic E-state index is 13.2. The molecule has 7 heteroatoms. The van der Waals surface area contributed by atoms with Gasteiger partial charge in [0.05, 0.1) is 16.7 Å². The molecule has 3 aromatic rings. The van der Waals surface area contributed by atoms with Crippen molar-refractivity contribution in [2.24, 2.45) is 5.92 Å². The number of allylic oxidation sites excluding steroid dienone is 1. The molecule has 1 saturated heterocycles. The first-order valence-electron chi connectivity index (χ1n) is 11.8. The quantitative estimate of drug-likeness (QED) is 0.596. The van der Waals surface area contributed by atoms with Crippen molar-refractivity contribution >= 4 is 45.8 Å². The highest BCUT2D eigenvalue weighted by molar-refractivity contribution is 6.50. The van der Waals surface area contributed by atoms with Crippen LogP contribution in [0.2, 0.25) is 0 Å². The van der Waals surface area contributed by atoms with Gasteiger partial charge in [-0.05, 0) is 31.5 Å². The van der Waals surface area contributed by atoms with Crippen LogP contribution in [0.3, 0.4) is 0 Å². The van der Waals surface area contributed by atoms with Crippen LogP contribution in [0, 0.1) is 5.92 Å². The molecule has 1 fully saturated rings. The summed E-state index contributed by atoms with van der Waals surface area (Å²) in [6.07, 6.45) is 6.97. The Morgan fingerprint density at radius 1 is 1.00 bits per heavy atom. The van der Waals surface area contributed by atoms with Gasteiger partial charge in [-0.3, -0.25) is 14.9 Å². The fourth-order valence-electron chi connectivity index (χ4n) is 5.23. The number of para-hydroxylation sites is 1. The summed E-state index contributed by atoms with van der Waals surface area (Å²) in [6.45, 7) is 5.81. The SMILES string of the molecule is CC1C=Cc2c(C3=C(c4cc(N5CCN(C)CC5)nc5ccccc45)C(=O)NC3=O)c[nH]c2C1. The maximum absolute atomic E-state index is 13.2. The summed E-state index contributed by atoms with van der Waals surface area (Å²) < 4.78 is 0. The van der Waals surface area contributed by atoms with E-state index in [0.29, 0.717) is 17.1 Å². The van der Waals surface area contributed by atoms with Gasteiger partial charge in [-0.15, -0.1) is 0 Å². The van der Waals surface area contributed by atoms with Crippen LogP contribution in [0.15, 0.2) is 42.6 Å². The van der Waals surface area contributed by atoms with E-state index in [2.05, 4.69) is 46.2 Å². The van der Waals surface area contributed by atoms with Gasteiger partial charge in [0.1, 0.15) is 5.82 Å². The van der Waals surface area contributed by atoms with Gasteiger partial charge >= 0.3 is 0 Å². The van der Waals surface area contributed by atoms with Crippen LogP contribution in [0.5, 0.6) is 0 Å². The summed E-state index contributed by atoms with van der Waals surface area (Å²) >= 11 is 0. The monoisotopic (exact) mass is 453 g/mol. The molecule has 1 unspecified atom stereocenters. The van der Waals surface area contributed by atoms with Crippen molar-refractivity contribution in [2.45, 2.75) is 13.3 Å². The Kier molecular flexibility index (Phi) is 4.88. The van der Waals surface area contributed by atoms with E-state index in [-0.39, 0.29) is 11.8 Å². The average molecular weight is 454 g/mol. The van der Waals surface area contributed by atoms with Crippen molar-refractivity contribution in [3.05, 3.63) is 65.0 Å². The number of benzene rings is 1. The molecule has 3 aliphatic rings. The minimum atomic E-state index is -0.358. The van der Waals surface area contributed by atoms with E-state index in [4.69, 9.17) is 4.98 Å². The number of likely N-dealkylation sites (N-methyl/N-ethyl adjacent to an activating group) is 1. The number of amides is 2. The molecule has 7 nitrogen and oxygen atoms in total. The molecule has 1 aromatic carbocycles. The smallest absolute Gasteiger partial charge is 0.259 e.